The van der Waals surface area contributed by atoms with Crippen LogP contribution in [0.4, 0.5) is 0 Å². The molecule has 1 aromatic rings. The number of unbranched alkanes of at least 4 members (excludes halogenated alkanes) is 14. The summed E-state index contributed by atoms with van der Waals surface area (Å²) in [7, 11) is 0. The average Bonchev–Trinajstić information content (AvgIpc) is 4.13. The summed E-state index contributed by atoms with van der Waals surface area (Å²) < 4.78 is 0. The summed E-state index contributed by atoms with van der Waals surface area (Å²) in [6.45, 7) is 16.9. The number of carboxylic acids is 2. The fourth-order valence-electron chi connectivity index (χ4n) is 8.49. The van der Waals surface area contributed by atoms with Crippen LogP contribution in [-0.2, 0) is 54.4 Å². The lowest BCUT2D eigenvalue weighted by Crippen LogP contribution is -2.56. The van der Waals surface area contributed by atoms with Crippen molar-refractivity contribution in [3.05, 3.63) is 18.2 Å². The van der Waals surface area contributed by atoms with Crippen LogP contribution >= 0.6 is 0 Å². The number of aliphatic hydroxyl groups excluding tert-OH is 2. The molecule has 7 amide bonds. The molecule has 0 spiro atoms. The number of carbonyl (C=O) groups excluding carboxylic acids is 8. The van der Waals surface area contributed by atoms with Gasteiger partial charge in [-0.25, -0.2) is 9.78 Å². The lowest BCUT2D eigenvalue weighted by molar-refractivity contribution is -0.147. The first-order chi connectivity index (χ1) is 40.1. The molecule has 0 saturated carbocycles. The molecule has 0 fully saturated rings. The number of aliphatic carboxylic acids is 2. The van der Waals surface area contributed by atoms with Crippen molar-refractivity contribution in [2.45, 2.75) is 265 Å². The van der Waals surface area contributed by atoms with Crippen LogP contribution < -0.4 is 54.4 Å². The van der Waals surface area contributed by atoms with Crippen molar-refractivity contribution in [2.75, 3.05) is 13.1 Å². The van der Waals surface area contributed by atoms with E-state index < -0.39 is 103 Å². The van der Waals surface area contributed by atoms with Gasteiger partial charge in [0.2, 0.25) is 41.4 Å². The number of nitrogens with one attached hydrogen (secondary N) is 8. The fraction of sp³-hybridized carbons (Fsp3) is 0.780. The van der Waals surface area contributed by atoms with E-state index in [0.29, 0.717) is 24.5 Å². The molecule has 1 rings (SSSR count). The number of carbonyl (C=O) groups is 10. The fourth-order valence-corrected chi connectivity index (χ4v) is 8.49. The highest BCUT2D eigenvalue weighted by molar-refractivity contribution is 5.96. The van der Waals surface area contributed by atoms with Crippen molar-refractivity contribution in [1.29, 1.82) is 0 Å². The van der Waals surface area contributed by atoms with E-state index >= 15 is 0 Å². The summed E-state index contributed by atoms with van der Waals surface area (Å²) >= 11 is 0. The third kappa shape index (κ3) is 43.2. The van der Waals surface area contributed by atoms with Gasteiger partial charge in [0.05, 0.1) is 25.3 Å². The Morgan fingerprint density at radius 1 is 0.541 bits per heavy atom. The number of imidazole rings is 1. The SMILES string of the molecule is CC(=O)NCC(=O)N[C@H](C(=O)N[C@@H](C)C(C)C)C(C)C.CC(=O)N[C@@H](CCC(N)O)C(=O)N[C@H](CCC(N)O)C(=O)N[C@@H](Cc1cnc[nH]1)C(=O)C[C@H](CCCCN)C(=O)N[C@@H](CC(=O)O)C(=O)O.CCCCCCCCCCCCCCCC. The number of nitrogens with zero attached hydrogens (tertiary/aromatic N) is 1. The number of H-pyrrole nitrogens is 1. The Morgan fingerprint density at radius 3 is 1.42 bits per heavy atom. The van der Waals surface area contributed by atoms with Gasteiger partial charge in [-0.15, -0.1) is 0 Å². The number of nitrogens with two attached hydrogens (primary N) is 3. The maximum atomic E-state index is 13.7. The molecule has 85 heavy (non-hydrogen) atoms. The van der Waals surface area contributed by atoms with Crippen LogP contribution in [0.15, 0.2) is 12.5 Å². The number of Topliss-reactive ketones (excluding diaryl/α,β-unsaturated/α-hetero) is 1. The van der Waals surface area contributed by atoms with E-state index in [-0.39, 0.29) is 81.3 Å². The molecule has 1 aromatic heterocycles. The van der Waals surface area contributed by atoms with Gasteiger partial charge in [0.1, 0.15) is 36.6 Å². The first-order valence-electron chi connectivity index (χ1n) is 30.6. The lowest BCUT2D eigenvalue weighted by Gasteiger charge is -2.26. The number of rotatable bonds is 45. The highest BCUT2D eigenvalue weighted by atomic mass is 16.4. The Labute approximate surface area is 504 Å². The lowest BCUT2D eigenvalue weighted by atomic mass is 9.90. The second-order valence-corrected chi connectivity index (χ2v) is 22.6. The largest absolute Gasteiger partial charge is 0.481 e. The van der Waals surface area contributed by atoms with Crippen LogP contribution in [-0.4, -0.2) is 151 Å². The van der Waals surface area contributed by atoms with Crippen LogP contribution in [0.1, 0.15) is 216 Å². The van der Waals surface area contributed by atoms with Crippen molar-refractivity contribution in [3.63, 3.8) is 0 Å². The Balaban J connectivity index is 0. The molecule has 0 saturated heterocycles. The maximum Gasteiger partial charge on any atom is 0.326 e. The number of aromatic nitrogens is 2. The van der Waals surface area contributed by atoms with Gasteiger partial charge in [-0.05, 0) is 63.8 Å². The van der Waals surface area contributed by atoms with Crippen LogP contribution in [0, 0.1) is 17.8 Å². The third-order valence-electron chi connectivity index (χ3n) is 13.9. The zero-order chi connectivity index (χ0) is 64.9. The minimum atomic E-state index is -1.76. The molecular formula is C59H110N12O14. The first-order valence-corrected chi connectivity index (χ1v) is 30.6. The summed E-state index contributed by atoms with van der Waals surface area (Å²) in [6.07, 6.45) is 19.4. The topological polar surface area (TPSA) is 443 Å². The van der Waals surface area contributed by atoms with E-state index in [2.05, 4.69) is 61.0 Å². The van der Waals surface area contributed by atoms with Gasteiger partial charge in [-0.2, -0.15) is 0 Å². The highest BCUT2D eigenvalue weighted by Gasteiger charge is 2.34. The van der Waals surface area contributed by atoms with Crippen LogP contribution in [0.3, 0.4) is 0 Å². The van der Waals surface area contributed by atoms with Gasteiger partial charge in [-0.1, -0.05) is 138 Å². The molecule has 0 aliphatic carbocycles. The highest BCUT2D eigenvalue weighted by Crippen LogP contribution is 2.18. The zero-order valence-electron chi connectivity index (χ0n) is 52.4. The van der Waals surface area contributed by atoms with Gasteiger partial charge in [0, 0.05) is 50.5 Å². The van der Waals surface area contributed by atoms with Gasteiger partial charge in [0.15, 0.2) is 5.78 Å². The molecule has 0 aliphatic rings. The Hall–Kier alpha value is -6.09. The first kappa shape index (κ1) is 81.0. The molecule has 0 radical (unpaired) electrons. The van der Waals surface area contributed by atoms with E-state index in [4.69, 9.17) is 22.3 Å². The smallest absolute Gasteiger partial charge is 0.326 e. The van der Waals surface area contributed by atoms with Crippen molar-refractivity contribution in [3.8, 4) is 0 Å². The summed E-state index contributed by atoms with van der Waals surface area (Å²) in [5, 5.41) is 55.2. The second kappa shape index (κ2) is 49.1. The minimum Gasteiger partial charge on any atom is -0.481 e. The van der Waals surface area contributed by atoms with E-state index in [9.17, 15) is 63.3 Å². The number of carboxylic acid groups (broad SMARTS) is 2. The number of amides is 7. The summed E-state index contributed by atoms with van der Waals surface area (Å²) in [4.78, 5) is 129. The summed E-state index contributed by atoms with van der Waals surface area (Å²) in [5.41, 5.74) is 16.8. The van der Waals surface area contributed by atoms with Crippen LogP contribution in [0.25, 0.3) is 0 Å². The van der Waals surface area contributed by atoms with Gasteiger partial charge < -0.3 is 79.8 Å². The third-order valence-corrected chi connectivity index (χ3v) is 13.9. The number of hydrogen-bond donors (Lipinski definition) is 15. The van der Waals surface area contributed by atoms with Gasteiger partial charge in [0.25, 0.3) is 0 Å². The molecule has 490 valence electrons. The average molecular weight is 1210 g/mol. The second-order valence-electron chi connectivity index (χ2n) is 22.6. The molecule has 26 nitrogen and oxygen atoms in total. The monoisotopic (exact) mass is 1210 g/mol. The summed E-state index contributed by atoms with van der Waals surface area (Å²) in [5.74, 6) is -8.50. The van der Waals surface area contributed by atoms with Gasteiger partial charge in [-0.3, -0.25) is 43.2 Å². The number of aliphatic hydroxyl groups is 2. The molecule has 9 atom stereocenters. The number of aromatic amines is 1. The normalized spacial score (nSPS) is 14.2. The molecule has 2 unspecified atom stereocenters. The molecule has 0 aliphatic heterocycles. The van der Waals surface area contributed by atoms with Gasteiger partial charge >= 0.3 is 11.9 Å². The Kier molecular flexibility index (Phi) is 46.7. The Bertz CT molecular complexity index is 2050. The predicted molar refractivity (Wildman–Crippen MR) is 324 cm³/mol. The number of ketones is 1. The van der Waals surface area contributed by atoms with Crippen LogP contribution in [0.5, 0.6) is 0 Å². The maximum absolute atomic E-state index is 13.7. The van der Waals surface area contributed by atoms with Crippen molar-refractivity contribution in [2.24, 2.45) is 35.0 Å². The zero-order valence-corrected chi connectivity index (χ0v) is 52.4. The molecule has 1 heterocycles. The molecule has 18 N–H and O–H groups in total. The van der Waals surface area contributed by atoms with Crippen molar-refractivity contribution < 1.29 is 68.4 Å². The minimum absolute atomic E-state index is 0.0318. The predicted octanol–water partition coefficient (Wildman–Crippen LogP) is 3.20. The Morgan fingerprint density at radius 2 is 1.02 bits per heavy atom. The van der Waals surface area contributed by atoms with Crippen LogP contribution in [0.2, 0.25) is 0 Å². The quantitative estimate of drug-likeness (QED) is 0.0329. The standard InChI is InChI=1S/C29H49N9O11.C16H34.C14H27N3O3/c1-15(39)35-18(5-7-23(31)41)27(46)36-19(6-8-24(32)42)28(47)37-20(11-17-13-33-14-34-17)22(40)10-16(4-2-3-9-30)26(45)38-21(29(48)49)12-25(43)44;1-3-5-7-9-11-13-15-16-14-12-10-8-6-4-2;1-8(2)10(5)16-14(20)13(9(3)4)17-12(19)7-15-11(6)18/h13-14,16,18-21,23-24,41-42H,2-12,30-32H2,1H3,(H,33,34)(H,35,39)(H,36,46)(H,37,47)(H,38,45)(H,43,44)(H,48,49);3-16H2,1-2H3;8-10,13H,7H2,1-6H3,(H,15,18)(H,16,20)(H,17,19)/t16-,18-,19+,20-,21-,23?,24?;;10-,13-/m0.0/s1. The number of hydrogen-bond acceptors (Lipinski definition) is 16. The van der Waals surface area contributed by atoms with Crippen molar-refractivity contribution in [1.82, 2.24) is 47.2 Å². The van der Waals surface area contributed by atoms with E-state index in [1.165, 1.54) is 109 Å². The summed E-state index contributed by atoms with van der Waals surface area (Å²) in [6, 6.07) is -6.20. The molecule has 26 heteroatoms. The van der Waals surface area contributed by atoms with E-state index in [0.717, 1.165) is 6.92 Å². The van der Waals surface area contributed by atoms with Crippen molar-refractivity contribution >= 4 is 59.1 Å². The van der Waals surface area contributed by atoms with E-state index in [1.54, 1.807) is 0 Å². The molecular weight excluding hydrogens is 1100 g/mol. The molecule has 0 bridgehead atoms. The molecule has 0 aromatic carbocycles. The van der Waals surface area contributed by atoms with E-state index in [1.807, 2.05) is 34.6 Å².